The largest absolute Gasteiger partial charge is 0.481 e. The minimum atomic E-state index is -0.903. The third-order valence-electron chi connectivity index (χ3n) is 2.60. The molecule has 0 aliphatic carbocycles. The maximum atomic E-state index is 12.0. The molecule has 17 heavy (non-hydrogen) atoms. The van der Waals surface area contributed by atoms with Gasteiger partial charge in [-0.15, -0.1) is 0 Å². The number of rotatable bonds is 3. The zero-order chi connectivity index (χ0) is 12.3. The number of hydrogen-bond donors (Lipinski definition) is 1. The summed E-state index contributed by atoms with van der Waals surface area (Å²) in [6.45, 7) is 1.26. The van der Waals surface area contributed by atoms with Crippen LogP contribution in [0.3, 0.4) is 0 Å². The van der Waals surface area contributed by atoms with Crippen LogP contribution in [0.25, 0.3) is 0 Å². The molecular formula is C11H13NO4S. The van der Waals surface area contributed by atoms with Crippen molar-refractivity contribution in [3.63, 3.8) is 0 Å². The topological polar surface area (TPSA) is 66.8 Å². The monoisotopic (exact) mass is 255 g/mol. The second kappa shape index (κ2) is 5.29. The van der Waals surface area contributed by atoms with Crippen LogP contribution in [0.4, 0.5) is 0 Å². The third-order valence-corrected chi connectivity index (χ3v) is 3.28. The molecule has 0 saturated carbocycles. The van der Waals surface area contributed by atoms with Gasteiger partial charge in [0.1, 0.15) is 0 Å². The van der Waals surface area contributed by atoms with Gasteiger partial charge in [0.25, 0.3) is 5.91 Å². The fraction of sp³-hybridized carbons (Fsp3) is 0.455. The van der Waals surface area contributed by atoms with Crippen molar-refractivity contribution in [1.29, 1.82) is 0 Å². The Balaban J connectivity index is 1.97. The molecule has 2 rings (SSSR count). The molecule has 2 heterocycles. The summed E-state index contributed by atoms with van der Waals surface area (Å²) in [6.07, 6.45) is -0.461. The Morgan fingerprint density at radius 2 is 2.41 bits per heavy atom. The molecule has 1 aliphatic rings. The predicted molar refractivity (Wildman–Crippen MR) is 62.2 cm³/mol. The molecule has 5 nitrogen and oxygen atoms in total. The molecule has 6 heteroatoms. The van der Waals surface area contributed by atoms with Gasteiger partial charge in [-0.3, -0.25) is 9.59 Å². The van der Waals surface area contributed by atoms with E-state index in [0.29, 0.717) is 25.3 Å². The summed E-state index contributed by atoms with van der Waals surface area (Å²) < 4.78 is 5.31. The second-order valence-corrected chi connectivity index (χ2v) is 4.63. The minimum absolute atomic E-state index is 0.0510. The summed E-state index contributed by atoms with van der Waals surface area (Å²) in [5.74, 6) is -0.954. The summed E-state index contributed by atoms with van der Waals surface area (Å²) in [5, 5.41) is 12.3. The van der Waals surface area contributed by atoms with Crippen molar-refractivity contribution in [2.45, 2.75) is 12.5 Å². The molecule has 1 aliphatic heterocycles. The Labute approximate surface area is 103 Å². The number of aliphatic carboxylic acids is 1. The zero-order valence-electron chi connectivity index (χ0n) is 9.17. The Morgan fingerprint density at radius 1 is 1.59 bits per heavy atom. The summed E-state index contributed by atoms with van der Waals surface area (Å²) in [4.78, 5) is 24.3. The summed E-state index contributed by atoms with van der Waals surface area (Å²) >= 11 is 1.47. The highest BCUT2D eigenvalue weighted by Gasteiger charge is 2.26. The van der Waals surface area contributed by atoms with Gasteiger partial charge in [0, 0.05) is 18.5 Å². The summed E-state index contributed by atoms with van der Waals surface area (Å²) in [7, 11) is 0. The number of amides is 1. The number of carbonyl (C=O) groups is 2. The van der Waals surface area contributed by atoms with Crippen molar-refractivity contribution in [3.8, 4) is 0 Å². The molecule has 1 N–H and O–H groups in total. The van der Waals surface area contributed by atoms with E-state index in [-0.39, 0.29) is 12.3 Å². The number of carboxylic acid groups (broad SMARTS) is 1. The molecule has 1 aromatic heterocycles. The lowest BCUT2D eigenvalue weighted by Crippen LogP contribution is -2.46. The van der Waals surface area contributed by atoms with Gasteiger partial charge in [-0.1, -0.05) is 0 Å². The van der Waals surface area contributed by atoms with Gasteiger partial charge in [0.2, 0.25) is 0 Å². The average molecular weight is 255 g/mol. The van der Waals surface area contributed by atoms with Crippen LogP contribution in [-0.2, 0) is 9.53 Å². The molecule has 1 saturated heterocycles. The SMILES string of the molecule is O=C(O)CC1CN(C(=O)c2ccsc2)CCO1. The molecule has 1 amide bonds. The quantitative estimate of drug-likeness (QED) is 0.877. The maximum Gasteiger partial charge on any atom is 0.306 e. The van der Waals surface area contributed by atoms with Gasteiger partial charge >= 0.3 is 5.97 Å². The van der Waals surface area contributed by atoms with E-state index in [1.807, 2.05) is 5.38 Å². The van der Waals surface area contributed by atoms with Gasteiger partial charge < -0.3 is 14.7 Å². The van der Waals surface area contributed by atoms with Crippen LogP contribution >= 0.6 is 11.3 Å². The zero-order valence-corrected chi connectivity index (χ0v) is 9.98. The van der Waals surface area contributed by atoms with Gasteiger partial charge in [-0.05, 0) is 11.4 Å². The number of nitrogens with zero attached hydrogens (tertiary/aromatic N) is 1. The molecule has 0 aromatic carbocycles. The van der Waals surface area contributed by atoms with Gasteiger partial charge in [0.05, 0.1) is 24.7 Å². The van der Waals surface area contributed by atoms with E-state index in [9.17, 15) is 9.59 Å². The molecule has 0 radical (unpaired) electrons. The van der Waals surface area contributed by atoms with Gasteiger partial charge in [-0.2, -0.15) is 11.3 Å². The lowest BCUT2D eigenvalue weighted by Gasteiger charge is -2.32. The lowest BCUT2D eigenvalue weighted by atomic mass is 10.2. The van der Waals surface area contributed by atoms with Crippen molar-refractivity contribution in [3.05, 3.63) is 22.4 Å². The number of hydrogen-bond acceptors (Lipinski definition) is 4. The van der Waals surface area contributed by atoms with Crippen molar-refractivity contribution in [2.75, 3.05) is 19.7 Å². The van der Waals surface area contributed by atoms with E-state index >= 15 is 0 Å². The summed E-state index contributed by atoms with van der Waals surface area (Å²) in [6, 6.07) is 1.77. The molecule has 92 valence electrons. The van der Waals surface area contributed by atoms with Crippen LogP contribution in [0.15, 0.2) is 16.8 Å². The van der Waals surface area contributed by atoms with Crippen LogP contribution in [0.5, 0.6) is 0 Å². The first-order chi connectivity index (χ1) is 8.16. The van der Waals surface area contributed by atoms with Crippen molar-refractivity contribution in [1.82, 2.24) is 4.90 Å². The minimum Gasteiger partial charge on any atom is -0.481 e. The molecule has 0 spiro atoms. The van der Waals surface area contributed by atoms with Gasteiger partial charge in [-0.25, -0.2) is 0 Å². The van der Waals surface area contributed by atoms with Crippen molar-refractivity contribution in [2.24, 2.45) is 0 Å². The number of carbonyl (C=O) groups excluding carboxylic acids is 1. The van der Waals surface area contributed by atoms with Crippen LogP contribution in [-0.4, -0.2) is 47.7 Å². The molecule has 1 aromatic rings. The highest BCUT2D eigenvalue weighted by Crippen LogP contribution is 2.14. The number of ether oxygens (including phenoxy) is 1. The summed E-state index contributed by atoms with van der Waals surface area (Å²) in [5.41, 5.74) is 0.658. The van der Waals surface area contributed by atoms with Crippen molar-refractivity contribution >= 4 is 23.2 Å². The van der Waals surface area contributed by atoms with Crippen molar-refractivity contribution < 1.29 is 19.4 Å². The maximum absolute atomic E-state index is 12.0. The van der Waals surface area contributed by atoms with Crippen LogP contribution in [0, 0.1) is 0 Å². The Morgan fingerprint density at radius 3 is 3.06 bits per heavy atom. The van der Waals surface area contributed by atoms with E-state index < -0.39 is 12.1 Å². The molecule has 1 atom stereocenters. The first-order valence-corrected chi connectivity index (χ1v) is 6.26. The smallest absolute Gasteiger partial charge is 0.306 e. The fourth-order valence-electron chi connectivity index (χ4n) is 1.79. The van der Waals surface area contributed by atoms with Gasteiger partial charge in [0.15, 0.2) is 0 Å². The Bertz CT molecular complexity index is 404. The molecule has 1 fully saturated rings. The second-order valence-electron chi connectivity index (χ2n) is 3.85. The Hall–Kier alpha value is -1.40. The van der Waals surface area contributed by atoms with Crippen LogP contribution < -0.4 is 0 Å². The standard InChI is InChI=1S/C11H13NO4S/c13-10(14)5-9-6-12(2-3-16-9)11(15)8-1-4-17-7-8/h1,4,7,9H,2-3,5-6H2,(H,13,14). The van der Waals surface area contributed by atoms with E-state index in [2.05, 4.69) is 0 Å². The first kappa shape index (κ1) is 12.1. The lowest BCUT2D eigenvalue weighted by molar-refractivity contribution is -0.141. The number of carboxylic acids is 1. The van der Waals surface area contributed by atoms with E-state index in [0.717, 1.165) is 0 Å². The average Bonchev–Trinajstić information content (AvgIpc) is 2.81. The molecular weight excluding hydrogens is 242 g/mol. The fourth-order valence-corrected chi connectivity index (χ4v) is 2.42. The van der Waals surface area contributed by atoms with Crippen LogP contribution in [0.1, 0.15) is 16.8 Å². The predicted octanol–water partition coefficient (Wildman–Crippen LogP) is 1.06. The molecule has 1 unspecified atom stereocenters. The highest BCUT2D eigenvalue weighted by atomic mass is 32.1. The normalized spacial score (nSPS) is 20.2. The van der Waals surface area contributed by atoms with Crippen LogP contribution in [0.2, 0.25) is 0 Å². The third kappa shape index (κ3) is 3.04. The molecule has 0 bridgehead atoms. The van der Waals surface area contributed by atoms with E-state index in [4.69, 9.17) is 9.84 Å². The van der Waals surface area contributed by atoms with E-state index in [1.54, 1.807) is 16.3 Å². The number of morpholine rings is 1. The van der Waals surface area contributed by atoms with E-state index in [1.165, 1.54) is 11.3 Å². The Kier molecular flexibility index (Phi) is 3.75. The first-order valence-electron chi connectivity index (χ1n) is 5.31. The highest BCUT2D eigenvalue weighted by molar-refractivity contribution is 7.08. The number of thiophene rings is 1.